The number of thiocarbonyl (C=S) groups is 1. The van der Waals surface area contributed by atoms with E-state index in [0.717, 1.165) is 12.1 Å². The Labute approximate surface area is 200 Å². The molecule has 2 aliphatic rings. The van der Waals surface area contributed by atoms with E-state index >= 15 is 0 Å². The van der Waals surface area contributed by atoms with Crippen molar-refractivity contribution in [3.8, 4) is 0 Å². The topological polar surface area (TPSA) is 75.6 Å². The molecule has 1 amide bonds. The zero-order chi connectivity index (χ0) is 24.0. The van der Waals surface area contributed by atoms with E-state index in [-0.39, 0.29) is 34.5 Å². The average molecular weight is 521 g/mol. The smallest absolute Gasteiger partial charge is 0.362 e. The zero-order valence-electron chi connectivity index (χ0n) is 16.5. The summed E-state index contributed by atoms with van der Waals surface area (Å²) in [4.78, 5) is 24.9. The van der Waals surface area contributed by atoms with Crippen LogP contribution >= 0.6 is 35.4 Å². The molecule has 13 heteroatoms. The van der Waals surface area contributed by atoms with Gasteiger partial charge in [-0.3, -0.25) is 19.6 Å². The first-order chi connectivity index (χ1) is 15.5. The molecule has 1 aromatic carbocycles. The van der Waals surface area contributed by atoms with E-state index in [4.69, 9.17) is 40.3 Å². The fraction of sp³-hybridized carbons (Fsp3) is 0.300. The number of hydrogen-bond donors (Lipinski definition) is 2. The molecule has 0 saturated carbocycles. The van der Waals surface area contributed by atoms with E-state index in [2.05, 4.69) is 20.8 Å². The van der Waals surface area contributed by atoms with Crippen LogP contribution < -0.4 is 10.8 Å². The average Bonchev–Trinajstić information content (AvgIpc) is 3.39. The summed E-state index contributed by atoms with van der Waals surface area (Å²) in [5.41, 5.74) is 0.318. The molecular weight excluding hydrogens is 507 g/mol. The number of halogens is 6. The molecule has 4 rings (SSSR count). The third kappa shape index (κ3) is 4.42. The van der Waals surface area contributed by atoms with Gasteiger partial charge in [0.25, 0.3) is 5.91 Å². The number of pyridine rings is 1. The standard InChI is InChI=1S/C20H14Cl2F4N4O2S/c21-11-3-10(4-12(22)16(11)23)19(20(24,25)26)5-14(28-8-19)13-2-1-9(6-27-13)18(33)29-15-7-32-30-17(15)31/h1-4,6,15H,5,7-8H2,(H,29,33)(H,30,31). The van der Waals surface area contributed by atoms with Crippen LogP contribution in [0.25, 0.3) is 0 Å². The highest BCUT2D eigenvalue weighted by molar-refractivity contribution is 7.80. The maximum atomic E-state index is 14.2. The Hall–Kier alpha value is -2.34. The molecule has 0 radical (unpaired) electrons. The van der Waals surface area contributed by atoms with Crippen molar-refractivity contribution in [2.75, 3.05) is 13.2 Å². The lowest BCUT2D eigenvalue weighted by Crippen LogP contribution is -2.44. The van der Waals surface area contributed by atoms with Gasteiger partial charge in [0.05, 0.1) is 28.0 Å². The van der Waals surface area contributed by atoms with E-state index in [1.807, 2.05) is 0 Å². The maximum Gasteiger partial charge on any atom is 0.400 e. The molecule has 2 aliphatic heterocycles. The number of hydrogen-bond acceptors (Lipinski definition) is 5. The number of nitrogens with zero attached hydrogens (tertiary/aromatic N) is 2. The van der Waals surface area contributed by atoms with Crippen molar-refractivity contribution in [3.63, 3.8) is 0 Å². The molecule has 1 fully saturated rings. The van der Waals surface area contributed by atoms with Crippen molar-refractivity contribution in [3.05, 3.63) is 63.1 Å². The Bertz CT molecular complexity index is 1140. The Morgan fingerprint density at radius 1 is 1.27 bits per heavy atom. The Morgan fingerprint density at radius 3 is 2.52 bits per heavy atom. The second-order valence-electron chi connectivity index (χ2n) is 7.51. The first kappa shape index (κ1) is 23.8. The second-order valence-corrected chi connectivity index (χ2v) is 8.73. The second kappa shape index (κ2) is 8.79. The highest BCUT2D eigenvalue weighted by atomic mass is 35.5. The van der Waals surface area contributed by atoms with Crippen molar-refractivity contribution >= 4 is 52.0 Å². The van der Waals surface area contributed by atoms with Gasteiger partial charge in [0.15, 0.2) is 5.82 Å². The number of amides is 1. The summed E-state index contributed by atoms with van der Waals surface area (Å²) in [5.74, 6) is -1.35. The lowest BCUT2D eigenvalue weighted by Gasteiger charge is -2.31. The summed E-state index contributed by atoms with van der Waals surface area (Å²) in [6.45, 7) is -0.525. The predicted octanol–water partition coefficient (Wildman–Crippen LogP) is 3.92. The third-order valence-corrected chi connectivity index (χ3v) is 6.36. The summed E-state index contributed by atoms with van der Waals surface area (Å²) in [6.07, 6.45) is -3.86. The molecule has 1 saturated heterocycles. The number of alkyl halides is 3. The number of rotatable bonds is 4. The van der Waals surface area contributed by atoms with Crippen molar-refractivity contribution in [2.45, 2.75) is 24.1 Å². The Kier molecular flexibility index (Phi) is 6.34. The number of carbonyl (C=O) groups is 1. The molecule has 2 aromatic rings. The predicted molar refractivity (Wildman–Crippen MR) is 117 cm³/mol. The van der Waals surface area contributed by atoms with Gasteiger partial charge in [0.1, 0.15) is 23.1 Å². The lowest BCUT2D eigenvalue weighted by atomic mass is 9.77. The van der Waals surface area contributed by atoms with Gasteiger partial charge in [0.2, 0.25) is 0 Å². The van der Waals surface area contributed by atoms with Gasteiger partial charge in [-0.1, -0.05) is 35.4 Å². The minimum atomic E-state index is -4.71. The van der Waals surface area contributed by atoms with Crippen molar-refractivity contribution < 1.29 is 27.2 Å². The van der Waals surface area contributed by atoms with Crippen molar-refractivity contribution in [1.29, 1.82) is 0 Å². The molecule has 174 valence electrons. The fourth-order valence-electron chi connectivity index (χ4n) is 3.57. The van der Waals surface area contributed by atoms with Crippen LogP contribution in [0.5, 0.6) is 0 Å². The molecule has 2 atom stereocenters. The molecule has 0 bridgehead atoms. The highest BCUT2D eigenvalue weighted by Crippen LogP contribution is 2.49. The minimum Gasteiger partial charge on any atom is -0.362 e. The van der Waals surface area contributed by atoms with Crippen molar-refractivity contribution in [2.24, 2.45) is 4.99 Å². The van der Waals surface area contributed by atoms with Gasteiger partial charge in [0, 0.05) is 18.2 Å². The minimum absolute atomic E-state index is 0.0955. The van der Waals surface area contributed by atoms with E-state index < -0.39 is 46.5 Å². The summed E-state index contributed by atoms with van der Waals surface area (Å²) in [7, 11) is 0. The van der Waals surface area contributed by atoms with Crippen molar-refractivity contribution in [1.82, 2.24) is 15.8 Å². The largest absolute Gasteiger partial charge is 0.400 e. The third-order valence-electron chi connectivity index (χ3n) is 5.45. The van der Waals surface area contributed by atoms with E-state index in [0.29, 0.717) is 5.56 Å². The molecule has 1 aromatic heterocycles. The highest BCUT2D eigenvalue weighted by Gasteiger charge is 2.58. The summed E-state index contributed by atoms with van der Waals surface area (Å²) < 4.78 is 56.4. The number of aliphatic imine (C=N–C) groups is 1. The number of carbonyl (C=O) groups excluding carboxylic acids is 1. The number of hydroxylamine groups is 1. The SMILES string of the molecule is O=C1NOCC1NC(=S)c1ccc(C2=NCC(c3cc(Cl)c(F)c(Cl)c3)(C(F)(F)F)C2)nc1. The van der Waals surface area contributed by atoms with E-state index in [9.17, 15) is 22.4 Å². The van der Waals surface area contributed by atoms with Gasteiger partial charge in [-0.25, -0.2) is 9.87 Å². The Balaban J connectivity index is 1.56. The molecule has 33 heavy (non-hydrogen) atoms. The van der Waals surface area contributed by atoms with Crippen LogP contribution in [-0.4, -0.2) is 47.0 Å². The lowest BCUT2D eigenvalue weighted by molar-refractivity contribution is -0.183. The van der Waals surface area contributed by atoms with Crippen LogP contribution in [-0.2, 0) is 15.0 Å². The molecule has 2 N–H and O–H groups in total. The molecule has 6 nitrogen and oxygen atoms in total. The normalized spacial score (nSPS) is 22.8. The van der Waals surface area contributed by atoms with Gasteiger partial charge >= 0.3 is 6.18 Å². The molecular formula is C20H14Cl2F4N4O2S. The molecule has 0 spiro atoms. The van der Waals surface area contributed by atoms with Gasteiger partial charge in [-0.15, -0.1) is 0 Å². The molecule has 3 heterocycles. The number of benzene rings is 1. The van der Waals surface area contributed by atoms with Crippen LogP contribution in [0.3, 0.4) is 0 Å². The van der Waals surface area contributed by atoms with Crippen LogP contribution in [0.1, 0.15) is 23.2 Å². The zero-order valence-corrected chi connectivity index (χ0v) is 18.8. The van der Waals surface area contributed by atoms with E-state index in [1.54, 1.807) is 6.07 Å². The fourth-order valence-corrected chi connectivity index (χ4v) is 4.32. The first-order valence-electron chi connectivity index (χ1n) is 9.46. The van der Waals surface area contributed by atoms with Gasteiger partial charge < -0.3 is 5.32 Å². The quantitative estimate of drug-likeness (QED) is 0.363. The molecule has 2 unspecified atom stereocenters. The summed E-state index contributed by atoms with van der Waals surface area (Å²) in [5, 5.41) is 1.82. The van der Waals surface area contributed by atoms with Gasteiger partial charge in [-0.05, 0) is 29.8 Å². The van der Waals surface area contributed by atoms with E-state index in [1.165, 1.54) is 12.3 Å². The van der Waals surface area contributed by atoms with Crippen LogP contribution in [0.2, 0.25) is 10.0 Å². The van der Waals surface area contributed by atoms with Crippen LogP contribution in [0.15, 0.2) is 35.5 Å². The first-order valence-corrected chi connectivity index (χ1v) is 10.6. The monoisotopic (exact) mass is 520 g/mol. The van der Waals surface area contributed by atoms with Crippen LogP contribution in [0.4, 0.5) is 17.6 Å². The summed E-state index contributed by atoms with van der Waals surface area (Å²) in [6, 6.07) is 4.26. The summed E-state index contributed by atoms with van der Waals surface area (Å²) >= 11 is 16.8. The Morgan fingerprint density at radius 2 is 1.97 bits per heavy atom. The van der Waals surface area contributed by atoms with Crippen LogP contribution in [0, 0.1) is 5.82 Å². The number of nitrogens with one attached hydrogen (secondary N) is 2. The van der Waals surface area contributed by atoms with Gasteiger partial charge in [-0.2, -0.15) is 13.2 Å². The number of aromatic nitrogens is 1. The maximum absolute atomic E-state index is 14.2. The molecule has 0 aliphatic carbocycles.